The van der Waals surface area contributed by atoms with Crippen LogP contribution in [0.15, 0.2) is 18.3 Å². The molecular weight excluding hydrogens is 264 g/mol. The van der Waals surface area contributed by atoms with E-state index < -0.39 is 0 Å². The van der Waals surface area contributed by atoms with Crippen LogP contribution in [-0.4, -0.2) is 29.1 Å². The van der Waals surface area contributed by atoms with Gasteiger partial charge >= 0.3 is 0 Å². The molecule has 4 nitrogen and oxygen atoms in total. The molecule has 1 aromatic rings. The van der Waals surface area contributed by atoms with Crippen LogP contribution in [0.25, 0.3) is 0 Å². The molecule has 1 fully saturated rings. The van der Waals surface area contributed by atoms with Crippen LogP contribution in [0.4, 0.5) is 0 Å². The second-order valence-electron chi connectivity index (χ2n) is 5.24. The minimum atomic E-state index is -0.225. The van der Waals surface area contributed by atoms with Crippen LogP contribution in [0.3, 0.4) is 0 Å². The Hall–Kier alpha value is -1.13. The summed E-state index contributed by atoms with van der Waals surface area (Å²) < 4.78 is 0. The van der Waals surface area contributed by atoms with Gasteiger partial charge in [-0.3, -0.25) is 4.79 Å². The average molecular weight is 283 g/mol. The van der Waals surface area contributed by atoms with E-state index in [9.17, 15) is 9.90 Å². The first-order valence-electron chi connectivity index (χ1n) is 6.66. The molecule has 0 spiro atoms. The molecule has 2 rings (SSSR count). The van der Waals surface area contributed by atoms with Gasteiger partial charge in [-0.1, -0.05) is 30.9 Å². The first kappa shape index (κ1) is 14.3. The molecule has 1 aliphatic rings. The molecule has 0 atom stereocenters. The van der Waals surface area contributed by atoms with Gasteiger partial charge in [-0.15, -0.1) is 0 Å². The largest absolute Gasteiger partial charge is 0.396 e. The Bertz CT molecular complexity index is 445. The highest BCUT2D eigenvalue weighted by Gasteiger charge is 2.31. The Morgan fingerprint density at radius 3 is 2.79 bits per heavy atom. The van der Waals surface area contributed by atoms with Crippen molar-refractivity contribution in [3.05, 3.63) is 29.0 Å². The summed E-state index contributed by atoms with van der Waals surface area (Å²) >= 11 is 5.89. The van der Waals surface area contributed by atoms with Gasteiger partial charge in [0, 0.05) is 18.2 Å². The van der Waals surface area contributed by atoms with Crippen LogP contribution >= 0.6 is 11.6 Å². The van der Waals surface area contributed by atoms with Gasteiger partial charge < -0.3 is 10.4 Å². The van der Waals surface area contributed by atoms with Gasteiger partial charge in [0.1, 0.15) is 5.15 Å². The van der Waals surface area contributed by atoms with Crippen molar-refractivity contribution in [2.75, 3.05) is 13.2 Å². The SMILES string of the molecule is O=C(NCC1(CO)CCCCC1)c1cccnc1Cl. The molecular formula is C14H19ClN2O2. The number of rotatable bonds is 4. The summed E-state index contributed by atoms with van der Waals surface area (Å²) in [5.41, 5.74) is 0.218. The van der Waals surface area contributed by atoms with Gasteiger partial charge in [-0.25, -0.2) is 4.98 Å². The lowest BCUT2D eigenvalue weighted by Gasteiger charge is -2.35. The molecule has 0 bridgehead atoms. The summed E-state index contributed by atoms with van der Waals surface area (Å²) in [6.45, 7) is 0.613. The average Bonchev–Trinajstić information content (AvgIpc) is 2.46. The van der Waals surface area contributed by atoms with Gasteiger partial charge in [0.2, 0.25) is 0 Å². The van der Waals surface area contributed by atoms with Gasteiger partial charge in [0.15, 0.2) is 0 Å². The van der Waals surface area contributed by atoms with E-state index in [0.717, 1.165) is 25.7 Å². The number of hydrogen-bond acceptors (Lipinski definition) is 3. The van der Waals surface area contributed by atoms with Crippen molar-refractivity contribution >= 4 is 17.5 Å². The fourth-order valence-corrected chi connectivity index (χ4v) is 2.82. The van der Waals surface area contributed by atoms with Gasteiger partial charge in [-0.05, 0) is 25.0 Å². The highest BCUT2D eigenvalue weighted by molar-refractivity contribution is 6.32. The van der Waals surface area contributed by atoms with E-state index in [4.69, 9.17) is 11.6 Å². The second kappa shape index (κ2) is 6.35. The summed E-state index contributed by atoms with van der Waals surface area (Å²) in [5, 5.41) is 12.7. The maximum Gasteiger partial charge on any atom is 0.254 e. The fourth-order valence-electron chi connectivity index (χ4n) is 2.61. The Morgan fingerprint density at radius 2 is 2.16 bits per heavy atom. The molecule has 1 amide bonds. The van der Waals surface area contributed by atoms with Crippen molar-refractivity contribution in [3.63, 3.8) is 0 Å². The van der Waals surface area contributed by atoms with E-state index in [1.807, 2.05) is 0 Å². The molecule has 1 heterocycles. The number of nitrogens with one attached hydrogen (secondary N) is 1. The number of nitrogens with zero attached hydrogens (tertiary/aromatic N) is 1. The number of hydrogen-bond donors (Lipinski definition) is 2. The van der Waals surface area contributed by atoms with Crippen LogP contribution < -0.4 is 5.32 Å². The van der Waals surface area contributed by atoms with Crippen molar-refractivity contribution in [2.24, 2.45) is 5.41 Å². The first-order valence-corrected chi connectivity index (χ1v) is 7.04. The Morgan fingerprint density at radius 1 is 1.42 bits per heavy atom. The number of aliphatic hydroxyl groups excluding tert-OH is 1. The number of aliphatic hydroxyl groups is 1. The van der Waals surface area contributed by atoms with E-state index in [1.165, 1.54) is 6.42 Å². The van der Waals surface area contributed by atoms with Crippen LogP contribution in [0.2, 0.25) is 5.15 Å². The van der Waals surface area contributed by atoms with Crippen molar-refractivity contribution in [1.82, 2.24) is 10.3 Å². The first-order chi connectivity index (χ1) is 9.17. The van der Waals surface area contributed by atoms with E-state index in [-0.39, 0.29) is 23.1 Å². The number of amides is 1. The van der Waals surface area contributed by atoms with Crippen LogP contribution in [0.5, 0.6) is 0 Å². The zero-order valence-electron chi connectivity index (χ0n) is 10.9. The predicted molar refractivity (Wildman–Crippen MR) is 74.2 cm³/mol. The summed E-state index contributed by atoms with van der Waals surface area (Å²) in [6.07, 6.45) is 6.92. The molecule has 0 radical (unpaired) electrons. The number of carbonyl (C=O) groups excluding carboxylic acids is 1. The van der Waals surface area contributed by atoms with E-state index in [2.05, 4.69) is 10.3 Å². The van der Waals surface area contributed by atoms with Crippen LogP contribution in [0, 0.1) is 5.41 Å². The zero-order valence-corrected chi connectivity index (χ0v) is 11.6. The predicted octanol–water partition coefficient (Wildman–Crippen LogP) is 2.41. The molecule has 0 saturated heterocycles. The molecule has 0 aliphatic heterocycles. The van der Waals surface area contributed by atoms with Gasteiger partial charge in [0.25, 0.3) is 5.91 Å². The van der Waals surface area contributed by atoms with E-state index in [1.54, 1.807) is 18.3 Å². The summed E-state index contributed by atoms with van der Waals surface area (Å²) in [7, 11) is 0. The maximum absolute atomic E-state index is 12.0. The van der Waals surface area contributed by atoms with Gasteiger partial charge in [-0.2, -0.15) is 0 Å². The summed E-state index contributed by atoms with van der Waals surface area (Å²) in [4.78, 5) is 15.9. The smallest absolute Gasteiger partial charge is 0.254 e. The number of carbonyl (C=O) groups is 1. The summed E-state index contributed by atoms with van der Waals surface area (Å²) in [6, 6.07) is 3.33. The van der Waals surface area contributed by atoms with E-state index in [0.29, 0.717) is 12.1 Å². The molecule has 0 aromatic carbocycles. The Balaban J connectivity index is 1.98. The number of pyridine rings is 1. The molecule has 2 N–H and O–H groups in total. The fraction of sp³-hybridized carbons (Fsp3) is 0.571. The van der Waals surface area contributed by atoms with Crippen molar-refractivity contribution < 1.29 is 9.90 Å². The standard InChI is InChI=1S/C14H19ClN2O2/c15-12-11(5-4-8-16-12)13(19)17-9-14(10-18)6-2-1-3-7-14/h4-5,8,18H,1-3,6-7,9-10H2,(H,17,19). The van der Waals surface area contributed by atoms with Crippen molar-refractivity contribution in [2.45, 2.75) is 32.1 Å². The minimum absolute atomic E-state index is 0.119. The lowest BCUT2D eigenvalue weighted by atomic mass is 9.74. The second-order valence-corrected chi connectivity index (χ2v) is 5.60. The topological polar surface area (TPSA) is 62.2 Å². The van der Waals surface area contributed by atoms with E-state index >= 15 is 0 Å². The molecule has 0 unspecified atom stereocenters. The number of aromatic nitrogens is 1. The monoisotopic (exact) mass is 282 g/mol. The molecule has 1 aromatic heterocycles. The normalized spacial score (nSPS) is 18.0. The number of halogens is 1. The third-order valence-electron chi connectivity index (χ3n) is 3.88. The van der Waals surface area contributed by atoms with Gasteiger partial charge in [0.05, 0.1) is 12.2 Å². The summed E-state index contributed by atoms with van der Waals surface area (Å²) in [5.74, 6) is -0.225. The minimum Gasteiger partial charge on any atom is -0.396 e. The van der Waals surface area contributed by atoms with Crippen molar-refractivity contribution in [3.8, 4) is 0 Å². The Labute approximate surface area is 118 Å². The highest BCUT2D eigenvalue weighted by Crippen LogP contribution is 2.35. The van der Waals surface area contributed by atoms with Crippen molar-refractivity contribution in [1.29, 1.82) is 0 Å². The Kier molecular flexibility index (Phi) is 4.77. The highest BCUT2D eigenvalue weighted by atomic mass is 35.5. The lowest BCUT2D eigenvalue weighted by Crippen LogP contribution is -2.41. The molecule has 104 valence electrons. The third-order valence-corrected chi connectivity index (χ3v) is 4.18. The molecule has 19 heavy (non-hydrogen) atoms. The maximum atomic E-state index is 12.0. The van der Waals surface area contributed by atoms with Crippen LogP contribution in [-0.2, 0) is 0 Å². The molecule has 1 saturated carbocycles. The quantitative estimate of drug-likeness (QED) is 0.834. The zero-order chi connectivity index (χ0) is 13.7. The lowest BCUT2D eigenvalue weighted by molar-refractivity contribution is 0.0718. The van der Waals surface area contributed by atoms with Crippen LogP contribution in [0.1, 0.15) is 42.5 Å². The third kappa shape index (κ3) is 3.45. The molecule has 1 aliphatic carbocycles. The molecule has 5 heteroatoms.